The predicted molar refractivity (Wildman–Crippen MR) is 452 cm³/mol. The maximum absolute atomic E-state index is 13.3. The number of esters is 2. The maximum atomic E-state index is 13.3. The lowest BCUT2D eigenvalue weighted by Gasteiger charge is -2.45. The van der Waals surface area contributed by atoms with E-state index < -0.39 is 134 Å². The molecule has 3 aliphatic rings. The summed E-state index contributed by atoms with van der Waals surface area (Å²) >= 11 is 0. The van der Waals surface area contributed by atoms with Crippen molar-refractivity contribution in [3.63, 3.8) is 0 Å². The van der Waals surface area contributed by atoms with Crippen LogP contribution in [0.1, 0.15) is 145 Å². The number of nitrogens with one attached hydrogen (secondary N) is 3. The molecule has 14 rings (SSSR count). The minimum atomic E-state index is -6.11. The number of benzene rings is 5. The average Bonchev–Trinajstić information content (AvgIpc) is 1.49. The van der Waals surface area contributed by atoms with Crippen LogP contribution in [-0.2, 0) is 80.6 Å². The van der Waals surface area contributed by atoms with Crippen LogP contribution in [0.3, 0.4) is 0 Å². The molecule has 0 unspecified atom stereocenters. The van der Waals surface area contributed by atoms with Crippen molar-refractivity contribution in [1.82, 2.24) is 58.6 Å². The number of alkyl halides is 3. The Bertz CT molecular complexity index is 6040. The number of halogens is 3. The van der Waals surface area contributed by atoms with Crippen molar-refractivity contribution in [2.45, 2.75) is 160 Å². The van der Waals surface area contributed by atoms with Crippen LogP contribution in [0, 0.1) is 17.8 Å². The van der Waals surface area contributed by atoms with Gasteiger partial charge in [-0.1, -0.05) is 178 Å². The van der Waals surface area contributed by atoms with Gasteiger partial charge < -0.3 is 44.1 Å². The van der Waals surface area contributed by atoms with Crippen LogP contribution in [0.5, 0.6) is 0 Å². The van der Waals surface area contributed by atoms with E-state index in [-0.39, 0.29) is 71.0 Å². The van der Waals surface area contributed by atoms with E-state index in [1.54, 1.807) is 107 Å². The fraction of sp³-hybridized carbons (Fsp3) is 0.398. The summed E-state index contributed by atoms with van der Waals surface area (Å²) in [4.78, 5) is 101. The Morgan fingerprint density at radius 1 is 0.440 bits per heavy atom. The zero-order valence-electron chi connectivity index (χ0n) is 70.2. The molecule has 6 aromatic heterocycles. The molecule has 35 nitrogen and oxygen atoms in total. The number of fused-ring (bicyclic) bond motifs is 3. The highest BCUT2D eigenvalue weighted by molar-refractivity contribution is 7.87. The van der Waals surface area contributed by atoms with Crippen LogP contribution in [0.2, 0.25) is 5.04 Å². The van der Waals surface area contributed by atoms with Crippen LogP contribution in [0.4, 0.5) is 30.6 Å². The smallest absolute Gasteiger partial charge is 0.457 e. The van der Waals surface area contributed by atoms with Gasteiger partial charge in [0.15, 0.2) is 81.8 Å². The number of ether oxygens (including phenoxy) is 5. The quantitative estimate of drug-likeness (QED) is 0.0186. The summed E-state index contributed by atoms with van der Waals surface area (Å²) in [6.07, 6.45) is 4.08. The van der Waals surface area contributed by atoms with Gasteiger partial charge >= 0.3 is 27.6 Å². The average molecular weight is 1800 g/mol. The molecule has 664 valence electrons. The Morgan fingerprint density at radius 2 is 0.728 bits per heavy atom. The highest BCUT2D eigenvalue weighted by atomic mass is 32.2. The maximum Gasteiger partial charge on any atom is 0.523 e. The molecular weight excluding hydrogens is 1710 g/mol. The first kappa shape index (κ1) is 92.8. The summed E-state index contributed by atoms with van der Waals surface area (Å²) in [5.41, 5.74) is -6.53. The highest BCUT2D eigenvalue weighted by Crippen LogP contribution is 2.51. The van der Waals surface area contributed by atoms with Crippen molar-refractivity contribution < 1.29 is 103 Å². The van der Waals surface area contributed by atoms with Gasteiger partial charge in [-0.25, -0.2) is 44.9 Å². The van der Waals surface area contributed by atoms with Crippen molar-refractivity contribution in [2.24, 2.45) is 17.8 Å². The molecule has 12 atom stereocenters. The molecule has 11 aromatic rings. The molecule has 0 bridgehead atoms. The molecule has 3 saturated heterocycles. The number of anilines is 3. The molecule has 5 aromatic carbocycles. The summed E-state index contributed by atoms with van der Waals surface area (Å²) in [5, 5.41) is 10.3. The van der Waals surface area contributed by atoms with E-state index >= 15 is 0 Å². The van der Waals surface area contributed by atoms with Crippen LogP contribution in [0.25, 0.3) is 33.5 Å². The zero-order valence-corrected chi connectivity index (χ0v) is 73.7. The standard InChI is InChI=1S/C38H43N5O5Si.C23H27N5O7S.C22H24F3N5O8S2/c1-7-38(23-46-49(37(4,5)6,29-19-13-9-14-20-29)30-21-15-10-16-22-30)26(2)32(47-27(3)44)36(48-38)43-25-41-31-33(39-24-40-34(31)43)42-35(45)28-17-11-8-12-18-28;1-5-23(11-33-36(4,31)32)14(2)18(34-15(3)29)22(35-23)28-13-26-17-19(24-12-25-20(17)28)27-21(30)16-9-7-6-8-10-16;1-4-21(10-36-39(3,32)33)13(2)16(38-40(34,35)22(23,24)25)20(37-21)30-12-28-15-17(26-11-27-18(15)30)29-19(31)14-8-6-5-7-9-14/h8-22,24-26,32,36H,7,23H2,1-6H3,(H,39,40,42,45);6-10,12-14,18,22H,5,11H2,1-4H3,(H,24,25,27,30);5-9,11-13,16,20H,4,10H2,1-3H3,(H,26,27,29,31)/t26-,32-,36+,38-;14-,18-,22+,23-;13-,16-,20+,21-/m000/s1. The third-order valence-corrected chi connectivity index (χ3v) is 29.6. The van der Waals surface area contributed by atoms with Gasteiger partial charge in [-0.05, 0) is 71.1 Å². The number of carbonyl (C=O) groups excluding carboxylic acids is 5. The normalized spacial score (nSPS) is 22.8. The van der Waals surface area contributed by atoms with E-state index in [0.717, 1.165) is 29.7 Å². The molecule has 3 amide bonds. The second kappa shape index (κ2) is 37.5. The van der Waals surface area contributed by atoms with Crippen molar-refractivity contribution in [3.8, 4) is 0 Å². The van der Waals surface area contributed by atoms with E-state index in [2.05, 4.69) is 141 Å². The van der Waals surface area contributed by atoms with Gasteiger partial charge in [0.25, 0.3) is 46.3 Å². The molecule has 3 aliphatic heterocycles. The third kappa shape index (κ3) is 19.9. The van der Waals surface area contributed by atoms with Gasteiger partial charge in [-0.15, -0.1) is 0 Å². The molecule has 42 heteroatoms. The summed E-state index contributed by atoms with van der Waals surface area (Å²) in [7, 11) is -16.8. The molecule has 3 fully saturated rings. The van der Waals surface area contributed by atoms with E-state index in [9.17, 15) is 62.4 Å². The SMILES string of the molecule is CC[C@@]1(COS(C)(=O)=O)O[C@@H](n2cnc3c(NC(=O)c4ccccc4)ncnc32)[C@@H](OC(C)=O)[C@@H]1C.CC[C@@]1(COS(C)(=O)=O)O[C@@H](n2cnc3c(NC(=O)c4ccccc4)ncnc32)[C@@H](OS(=O)(=O)C(F)(F)F)[C@@H]1C.CC[C@@]1(CO[Si](c2ccccc2)(c2ccccc2)C(C)(C)C)O[C@@H](n2cnc3c(NC(=O)c4ccccc4)ncnc32)[C@@H](OC(C)=O)[C@@H]1C. The molecule has 125 heavy (non-hydrogen) atoms. The molecule has 0 aliphatic carbocycles. The lowest BCUT2D eigenvalue weighted by Crippen LogP contribution is -2.67. The van der Waals surface area contributed by atoms with Gasteiger partial charge in [0.2, 0.25) is 0 Å². The fourth-order valence-electron chi connectivity index (χ4n) is 15.7. The van der Waals surface area contributed by atoms with Gasteiger partial charge in [-0.2, -0.15) is 38.4 Å². The second-order valence-corrected chi connectivity index (χ2v) is 40.4. The van der Waals surface area contributed by atoms with Crippen LogP contribution < -0.4 is 26.3 Å². The van der Waals surface area contributed by atoms with Gasteiger partial charge in [0, 0.05) is 48.3 Å². The van der Waals surface area contributed by atoms with Gasteiger partial charge in [-0.3, -0.25) is 50.2 Å². The molecule has 0 spiro atoms. The Balaban J connectivity index is 0.000000173. The lowest BCUT2D eigenvalue weighted by molar-refractivity contribution is -0.155. The Morgan fingerprint density at radius 3 is 1.01 bits per heavy atom. The number of amides is 3. The highest BCUT2D eigenvalue weighted by Gasteiger charge is 2.61. The molecular formula is C83H94F3N15O20S3Si. The van der Waals surface area contributed by atoms with Crippen molar-refractivity contribution in [1.29, 1.82) is 0 Å². The summed E-state index contributed by atoms with van der Waals surface area (Å²) < 4.78 is 168. The minimum Gasteiger partial charge on any atom is -0.457 e. The second-order valence-electron chi connectivity index (χ2n) is 31.2. The monoisotopic (exact) mass is 1800 g/mol. The molecule has 0 saturated carbocycles. The topological polar surface area (TPSA) is 438 Å². The Hall–Kier alpha value is -11.3. The summed E-state index contributed by atoms with van der Waals surface area (Å²) in [6.45, 7) is 19.5. The Labute approximate surface area is 719 Å². The number of carbonyl (C=O) groups is 5. The third-order valence-electron chi connectivity index (χ3n) is 22.5. The number of nitrogens with zero attached hydrogens (tertiary/aromatic N) is 12. The first-order valence-electron chi connectivity index (χ1n) is 39.6. The van der Waals surface area contributed by atoms with Crippen LogP contribution >= 0.6 is 0 Å². The van der Waals surface area contributed by atoms with Crippen molar-refractivity contribution in [3.05, 3.63) is 206 Å². The minimum absolute atomic E-state index is 0.00606. The number of hydrogen-bond donors (Lipinski definition) is 3. The summed E-state index contributed by atoms with van der Waals surface area (Å²) in [6, 6.07) is 46.7. The van der Waals surface area contributed by atoms with E-state index in [1.165, 1.54) is 50.1 Å². The number of imidazole rings is 3. The largest absolute Gasteiger partial charge is 0.523 e. The molecule has 0 radical (unpaired) electrons. The van der Waals surface area contributed by atoms with Crippen molar-refractivity contribution >= 4 is 130 Å². The van der Waals surface area contributed by atoms with Crippen molar-refractivity contribution in [2.75, 3.05) is 48.3 Å². The fourth-order valence-corrected chi connectivity index (χ4v) is 21.8. The molecule has 3 N–H and O–H groups in total. The molecule has 9 heterocycles. The van der Waals surface area contributed by atoms with Crippen LogP contribution in [-0.4, -0.2) is 195 Å². The number of rotatable bonds is 27. The Kier molecular flexibility index (Phi) is 27.8. The van der Waals surface area contributed by atoms with E-state index in [0.29, 0.717) is 51.9 Å². The van der Waals surface area contributed by atoms with E-state index in [4.69, 9.17) is 36.5 Å². The predicted octanol–water partition coefficient (Wildman–Crippen LogP) is 10.8. The van der Waals surface area contributed by atoms with E-state index in [1.807, 2.05) is 39.0 Å². The first-order chi connectivity index (χ1) is 59.1. The lowest BCUT2D eigenvalue weighted by atomic mass is 9.85. The first-order valence-corrected chi connectivity index (χ1v) is 46.5. The van der Waals surface area contributed by atoms with Gasteiger partial charge in [0.05, 0.1) is 56.9 Å². The number of aromatic nitrogens is 12. The summed E-state index contributed by atoms with van der Waals surface area (Å²) in [5.74, 6) is -3.55. The zero-order chi connectivity index (χ0) is 90.4. The number of hydrogen-bond acceptors (Lipinski definition) is 29. The van der Waals surface area contributed by atoms with Gasteiger partial charge in [0.1, 0.15) is 36.3 Å². The van der Waals surface area contributed by atoms with Crippen LogP contribution in [0.15, 0.2) is 190 Å².